The molecule has 3 aromatic carbocycles. The molecule has 1 unspecified atom stereocenters. The summed E-state index contributed by atoms with van der Waals surface area (Å²) in [4.78, 5) is 27.3. The first-order valence-corrected chi connectivity index (χ1v) is 11.6. The molecule has 5 rings (SSSR count). The van der Waals surface area contributed by atoms with Gasteiger partial charge in [0.2, 0.25) is 0 Å². The van der Waals surface area contributed by atoms with Gasteiger partial charge in [-0.25, -0.2) is 4.39 Å². The number of halogens is 1. The highest BCUT2D eigenvalue weighted by atomic mass is 19.1. The Balaban J connectivity index is 1.34. The minimum atomic E-state index is -0.354. The summed E-state index contributed by atoms with van der Waals surface area (Å²) in [6.07, 6.45) is 3.70. The SMILES string of the molecule is O=C(NCC1CCCO1)c1ccc(/C=C2\Oc3ccccc3N(Cc3cccc(F)c3)C2=O)cc1. The van der Waals surface area contributed by atoms with Crippen LogP contribution < -0.4 is 15.0 Å². The molecule has 2 aliphatic heterocycles. The van der Waals surface area contributed by atoms with Gasteiger partial charge < -0.3 is 14.8 Å². The quantitative estimate of drug-likeness (QED) is 0.528. The molecule has 0 saturated carbocycles. The Morgan fingerprint density at radius 2 is 1.91 bits per heavy atom. The fourth-order valence-electron chi connectivity index (χ4n) is 4.23. The average molecular weight is 473 g/mol. The Labute approximate surface area is 203 Å². The van der Waals surface area contributed by atoms with E-state index in [-0.39, 0.29) is 36.0 Å². The second-order valence-corrected chi connectivity index (χ2v) is 8.57. The molecule has 0 radical (unpaired) electrons. The van der Waals surface area contributed by atoms with Gasteiger partial charge in [0.15, 0.2) is 11.5 Å². The van der Waals surface area contributed by atoms with E-state index in [1.54, 1.807) is 59.5 Å². The molecular formula is C28H25FN2O4. The van der Waals surface area contributed by atoms with Crippen molar-refractivity contribution in [3.05, 3.63) is 101 Å². The van der Waals surface area contributed by atoms with E-state index in [0.717, 1.165) is 19.4 Å². The molecule has 178 valence electrons. The highest BCUT2D eigenvalue weighted by molar-refractivity contribution is 6.09. The van der Waals surface area contributed by atoms with Crippen molar-refractivity contribution in [2.24, 2.45) is 0 Å². The van der Waals surface area contributed by atoms with Gasteiger partial charge in [-0.2, -0.15) is 0 Å². The molecule has 1 atom stereocenters. The van der Waals surface area contributed by atoms with Gasteiger partial charge in [0.1, 0.15) is 5.82 Å². The third kappa shape index (κ3) is 5.25. The number of nitrogens with zero attached hydrogens (tertiary/aromatic N) is 1. The zero-order valence-electron chi connectivity index (χ0n) is 19.1. The number of rotatable bonds is 6. The lowest BCUT2D eigenvalue weighted by Crippen LogP contribution is -2.36. The standard InChI is InChI=1S/C28H25FN2O4/c29-22-6-3-5-20(15-22)18-31-24-8-1-2-9-25(24)35-26(28(31)33)16-19-10-12-21(13-11-19)27(32)30-17-23-7-4-14-34-23/h1-3,5-6,8-13,15-16,23H,4,7,14,17-18H2,(H,30,32)/b26-16-. The Kier molecular flexibility index (Phi) is 6.59. The van der Waals surface area contributed by atoms with Crippen molar-refractivity contribution in [2.45, 2.75) is 25.5 Å². The van der Waals surface area contributed by atoms with Crippen LogP contribution >= 0.6 is 0 Å². The third-order valence-corrected chi connectivity index (χ3v) is 6.05. The van der Waals surface area contributed by atoms with Gasteiger partial charge in [-0.05, 0) is 66.4 Å². The first kappa shape index (κ1) is 22.8. The Bertz CT molecular complexity index is 1270. The molecule has 1 N–H and O–H groups in total. The van der Waals surface area contributed by atoms with Gasteiger partial charge >= 0.3 is 0 Å². The number of benzene rings is 3. The van der Waals surface area contributed by atoms with Crippen molar-refractivity contribution in [2.75, 3.05) is 18.1 Å². The molecule has 2 heterocycles. The van der Waals surface area contributed by atoms with Crippen LogP contribution in [0.1, 0.15) is 34.3 Å². The second kappa shape index (κ2) is 10.1. The van der Waals surface area contributed by atoms with Crippen LogP contribution in [0.3, 0.4) is 0 Å². The number of fused-ring (bicyclic) bond motifs is 1. The number of anilines is 1. The second-order valence-electron chi connectivity index (χ2n) is 8.57. The van der Waals surface area contributed by atoms with Crippen molar-refractivity contribution >= 4 is 23.6 Å². The summed E-state index contributed by atoms with van der Waals surface area (Å²) in [6.45, 7) is 1.44. The monoisotopic (exact) mass is 472 g/mol. The molecule has 1 fully saturated rings. The molecule has 2 amide bonds. The molecule has 0 aliphatic carbocycles. The van der Waals surface area contributed by atoms with E-state index >= 15 is 0 Å². The van der Waals surface area contributed by atoms with Crippen molar-refractivity contribution in [1.29, 1.82) is 0 Å². The summed E-state index contributed by atoms with van der Waals surface area (Å²) in [5.41, 5.74) is 2.54. The van der Waals surface area contributed by atoms with Crippen LogP contribution in [-0.4, -0.2) is 31.1 Å². The zero-order chi connectivity index (χ0) is 24.2. The summed E-state index contributed by atoms with van der Waals surface area (Å²) < 4.78 is 25.2. The molecule has 35 heavy (non-hydrogen) atoms. The predicted molar refractivity (Wildman–Crippen MR) is 130 cm³/mol. The Morgan fingerprint density at radius 1 is 1.09 bits per heavy atom. The van der Waals surface area contributed by atoms with Crippen molar-refractivity contribution < 1.29 is 23.5 Å². The van der Waals surface area contributed by atoms with E-state index in [4.69, 9.17) is 9.47 Å². The number of amides is 2. The molecule has 7 heteroatoms. The van der Waals surface area contributed by atoms with Crippen LogP contribution in [0.15, 0.2) is 78.6 Å². The number of hydrogen-bond donors (Lipinski definition) is 1. The lowest BCUT2D eigenvalue weighted by molar-refractivity contribution is -0.117. The van der Waals surface area contributed by atoms with Crippen LogP contribution in [0.25, 0.3) is 6.08 Å². The minimum Gasteiger partial charge on any atom is -0.449 e. The van der Waals surface area contributed by atoms with E-state index in [1.165, 1.54) is 12.1 Å². The fraction of sp³-hybridized carbons (Fsp3) is 0.214. The molecule has 3 aromatic rings. The maximum absolute atomic E-state index is 13.7. The van der Waals surface area contributed by atoms with Gasteiger partial charge in [-0.15, -0.1) is 0 Å². The highest BCUT2D eigenvalue weighted by Gasteiger charge is 2.30. The topological polar surface area (TPSA) is 67.9 Å². The Morgan fingerprint density at radius 3 is 2.69 bits per heavy atom. The van der Waals surface area contributed by atoms with Crippen molar-refractivity contribution in [3.63, 3.8) is 0 Å². The first-order chi connectivity index (χ1) is 17.1. The van der Waals surface area contributed by atoms with Gasteiger partial charge in [-0.3, -0.25) is 14.5 Å². The summed E-state index contributed by atoms with van der Waals surface area (Å²) in [6, 6.07) is 20.4. The highest BCUT2D eigenvalue weighted by Crippen LogP contribution is 2.36. The smallest absolute Gasteiger partial charge is 0.294 e. The van der Waals surface area contributed by atoms with Gasteiger partial charge in [0.25, 0.3) is 11.8 Å². The zero-order valence-corrected chi connectivity index (χ0v) is 19.1. The van der Waals surface area contributed by atoms with Gasteiger partial charge in [0.05, 0.1) is 18.3 Å². The fourth-order valence-corrected chi connectivity index (χ4v) is 4.23. The number of ether oxygens (including phenoxy) is 2. The number of carbonyl (C=O) groups is 2. The largest absolute Gasteiger partial charge is 0.449 e. The predicted octanol–water partition coefficient (Wildman–Crippen LogP) is 4.70. The molecule has 0 bridgehead atoms. The summed E-state index contributed by atoms with van der Waals surface area (Å²) in [7, 11) is 0. The van der Waals surface area contributed by atoms with E-state index in [0.29, 0.717) is 34.7 Å². The van der Waals surface area contributed by atoms with E-state index in [2.05, 4.69) is 5.32 Å². The minimum absolute atomic E-state index is 0.0793. The van der Waals surface area contributed by atoms with Crippen molar-refractivity contribution in [1.82, 2.24) is 5.32 Å². The molecule has 1 saturated heterocycles. The summed E-state index contributed by atoms with van der Waals surface area (Å²) in [5.74, 6) is -0.158. The third-order valence-electron chi connectivity index (χ3n) is 6.05. The van der Waals surface area contributed by atoms with Crippen molar-refractivity contribution in [3.8, 4) is 5.75 Å². The maximum Gasteiger partial charge on any atom is 0.294 e. The molecular weight excluding hydrogens is 447 g/mol. The van der Waals surface area contributed by atoms with Gasteiger partial charge in [-0.1, -0.05) is 36.4 Å². The van der Waals surface area contributed by atoms with Gasteiger partial charge in [0, 0.05) is 18.7 Å². The molecule has 0 spiro atoms. The van der Waals surface area contributed by atoms with E-state index in [9.17, 15) is 14.0 Å². The average Bonchev–Trinajstić information content (AvgIpc) is 3.39. The molecule has 2 aliphatic rings. The normalized spacial score (nSPS) is 18.3. The van der Waals surface area contributed by atoms with Crippen LogP contribution in [0.5, 0.6) is 5.75 Å². The number of hydrogen-bond acceptors (Lipinski definition) is 4. The Hall–Kier alpha value is -3.97. The number of carbonyl (C=O) groups excluding carboxylic acids is 2. The van der Waals surface area contributed by atoms with Crippen LogP contribution in [0, 0.1) is 5.82 Å². The van der Waals surface area contributed by atoms with Crippen LogP contribution in [0.2, 0.25) is 0 Å². The lowest BCUT2D eigenvalue weighted by Gasteiger charge is -2.30. The number of nitrogens with one attached hydrogen (secondary N) is 1. The summed E-state index contributed by atoms with van der Waals surface area (Å²) >= 11 is 0. The molecule has 0 aromatic heterocycles. The number of para-hydroxylation sites is 2. The van der Waals surface area contributed by atoms with E-state index in [1.807, 2.05) is 12.1 Å². The van der Waals surface area contributed by atoms with Crippen LogP contribution in [-0.2, 0) is 16.1 Å². The summed E-state index contributed by atoms with van der Waals surface area (Å²) in [5, 5.41) is 2.90. The maximum atomic E-state index is 13.7. The lowest BCUT2D eigenvalue weighted by atomic mass is 10.1. The molecule has 6 nitrogen and oxygen atoms in total. The first-order valence-electron chi connectivity index (χ1n) is 11.6. The van der Waals surface area contributed by atoms with E-state index < -0.39 is 0 Å². The van der Waals surface area contributed by atoms with Crippen LogP contribution in [0.4, 0.5) is 10.1 Å².